The number of carbonyl (C=O) groups excluding carboxylic acids is 1. The number of hydrogen-bond acceptors (Lipinski definition) is 4. The lowest BCUT2D eigenvalue weighted by Gasteiger charge is -2.06. The topological polar surface area (TPSA) is 79.8 Å². The molecule has 0 spiro atoms. The highest BCUT2D eigenvalue weighted by Gasteiger charge is 2.12. The minimum atomic E-state index is -0.235. The van der Waals surface area contributed by atoms with E-state index in [0.29, 0.717) is 0 Å². The number of aromatic nitrogens is 3. The number of nitrogens with one attached hydrogen (secondary N) is 2. The van der Waals surface area contributed by atoms with Gasteiger partial charge >= 0.3 is 0 Å². The molecule has 0 aliphatic heterocycles. The number of H-pyrrole nitrogens is 1. The number of anilines is 1. The van der Waals surface area contributed by atoms with Gasteiger partial charge in [0.15, 0.2) is 5.16 Å². The summed E-state index contributed by atoms with van der Waals surface area (Å²) in [5.41, 5.74) is 2.00. The molecular formula is C16H16N4O2S. The Morgan fingerprint density at radius 3 is 2.96 bits per heavy atom. The van der Waals surface area contributed by atoms with Gasteiger partial charge in [0.05, 0.1) is 16.8 Å². The van der Waals surface area contributed by atoms with Crippen molar-refractivity contribution in [2.24, 2.45) is 0 Å². The van der Waals surface area contributed by atoms with Crippen LogP contribution in [0.1, 0.15) is 6.92 Å². The van der Waals surface area contributed by atoms with Crippen molar-refractivity contribution in [3.05, 3.63) is 52.9 Å². The van der Waals surface area contributed by atoms with Gasteiger partial charge in [-0.15, -0.1) is 0 Å². The van der Waals surface area contributed by atoms with Gasteiger partial charge in [-0.05, 0) is 19.1 Å². The molecule has 0 fully saturated rings. The van der Waals surface area contributed by atoms with E-state index >= 15 is 0 Å². The van der Waals surface area contributed by atoms with Gasteiger partial charge in [0.25, 0.3) is 0 Å². The van der Waals surface area contributed by atoms with Crippen LogP contribution in [0, 0.1) is 0 Å². The Morgan fingerprint density at radius 1 is 1.35 bits per heavy atom. The molecular weight excluding hydrogens is 312 g/mol. The van der Waals surface area contributed by atoms with Crippen LogP contribution in [0.3, 0.4) is 0 Å². The van der Waals surface area contributed by atoms with E-state index < -0.39 is 0 Å². The number of carbonyl (C=O) groups is 1. The molecule has 0 aliphatic rings. The third-order valence-corrected chi connectivity index (χ3v) is 4.34. The van der Waals surface area contributed by atoms with Crippen LogP contribution in [0.2, 0.25) is 0 Å². The summed E-state index contributed by atoms with van der Waals surface area (Å²) in [4.78, 5) is 31.0. The van der Waals surface area contributed by atoms with Crippen molar-refractivity contribution in [1.82, 2.24) is 14.5 Å². The van der Waals surface area contributed by atoms with Gasteiger partial charge in [-0.2, -0.15) is 0 Å². The fourth-order valence-electron chi connectivity index (χ4n) is 2.30. The number of benzene rings is 1. The number of para-hydroxylation sites is 2. The van der Waals surface area contributed by atoms with E-state index in [1.165, 1.54) is 30.2 Å². The third-order valence-electron chi connectivity index (χ3n) is 3.37. The molecule has 6 nitrogen and oxygen atoms in total. The summed E-state index contributed by atoms with van der Waals surface area (Å²) in [5, 5.41) is 3.41. The zero-order chi connectivity index (χ0) is 16.2. The number of amides is 1. The number of aryl methyl sites for hydroxylation is 1. The van der Waals surface area contributed by atoms with E-state index in [1.54, 1.807) is 0 Å². The van der Waals surface area contributed by atoms with Gasteiger partial charge in [0.2, 0.25) is 11.3 Å². The zero-order valence-corrected chi connectivity index (χ0v) is 13.4. The molecule has 2 N–H and O–H groups in total. The second-order valence-corrected chi connectivity index (χ2v) is 5.83. The summed E-state index contributed by atoms with van der Waals surface area (Å²) in [7, 11) is 0. The second-order valence-electron chi connectivity index (χ2n) is 4.89. The van der Waals surface area contributed by atoms with Crippen molar-refractivity contribution < 1.29 is 4.79 Å². The van der Waals surface area contributed by atoms with E-state index in [0.717, 1.165) is 22.7 Å². The molecule has 0 saturated carbocycles. The number of hydrogen-bond donors (Lipinski definition) is 2. The standard InChI is InChI=1S/C16H16N4O2S/c1-2-20-13-6-4-3-5-11(13)19-16(20)23-10-15(22)18-12-9-17-8-7-14(12)21/h3-9H,2,10H2,1H3,(H,17,21)(H,18,22). The molecule has 3 aromatic rings. The molecule has 0 saturated heterocycles. The highest BCUT2D eigenvalue weighted by Crippen LogP contribution is 2.23. The van der Waals surface area contributed by atoms with E-state index in [1.807, 2.05) is 31.2 Å². The average Bonchev–Trinajstić information content (AvgIpc) is 2.92. The summed E-state index contributed by atoms with van der Waals surface area (Å²) in [6.45, 7) is 2.82. The van der Waals surface area contributed by atoms with Gasteiger partial charge in [-0.1, -0.05) is 23.9 Å². The monoisotopic (exact) mass is 328 g/mol. The van der Waals surface area contributed by atoms with Crippen LogP contribution < -0.4 is 10.7 Å². The van der Waals surface area contributed by atoms with Crippen LogP contribution in [-0.4, -0.2) is 26.2 Å². The smallest absolute Gasteiger partial charge is 0.234 e. The van der Waals surface area contributed by atoms with E-state index in [-0.39, 0.29) is 22.8 Å². The molecule has 118 valence electrons. The van der Waals surface area contributed by atoms with Crippen molar-refractivity contribution in [2.75, 3.05) is 11.1 Å². The maximum Gasteiger partial charge on any atom is 0.234 e. The van der Waals surface area contributed by atoms with Crippen LogP contribution in [0.25, 0.3) is 11.0 Å². The Balaban J connectivity index is 1.72. The van der Waals surface area contributed by atoms with Crippen molar-refractivity contribution >= 4 is 34.4 Å². The lowest BCUT2D eigenvalue weighted by molar-refractivity contribution is -0.113. The van der Waals surface area contributed by atoms with Crippen LogP contribution in [0.4, 0.5) is 5.69 Å². The molecule has 23 heavy (non-hydrogen) atoms. The molecule has 2 heterocycles. The van der Waals surface area contributed by atoms with Gasteiger partial charge in [0, 0.05) is 25.0 Å². The molecule has 7 heteroatoms. The number of pyridine rings is 1. The minimum Gasteiger partial charge on any atom is -0.366 e. The number of rotatable bonds is 5. The molecule has 0 atom stereocenters. The maximum atomic E-state index is 12.0. The Kier molecular flexibility index (Phi) is 4.47. The van der Waals surface area contributed by atoms with E-state index in [9.17, 15) is 9.59 Å². The summed E-state index contributed by atoms with van der Waals surface area (Å²) in [5.74, 6) is -0.0427. The summed E-state index contributed by atoms with van der Waals surface area (Å²) in [6, 6.07) is 9.26. The summed E-state index contributed by atoms with van der Waals surface area (Å²) >= 11 is 1.36. The lowest BCUT2D eigenvalue weighted by Crippen LogP contribution is -2.19. The highest BCUT2D eigenvalue weighted by molar-refractivity contribution is 7.99. The summed E-state index contributed by atoms with van der Waals surface area (Å²) < 4.78 is 2.07. The fraction of sp³-hybridized carbons (Fsp3) is 0.188. The van der Waals surface area contributed by atoms with Gasteiger partial charge in [-0.25, -0.2) is 4.98 Å². The normalized spacial score (nSPS) is 10.8. The van der Waals surface area contributed by atoms with Gasteiger partial charge in [-0.3, -0.25) is 9.59 Å². The molecule has 1 aromatic carbocycles. The predicted octanol–water partition coefficient (Wildman–Crippen LogP) is 2.48. The van der Waals surface area contributed by atoms with Crippen LogP contribution >= 0.6 is 11.8 Å². The van der Waals surface area contributed by atoms with Crippen LogP contribution in [0.15, 0.2) is 52.7 Å². The third kappa shape index (κ3) is 3.29. The van der Waals surface area contributed by atoms with Crippen LogP contribution in [0.5, 0.6) is 0 Å². The van der Waals surface area contributed by atoms with E-state index in [4.69, 9.17) is 0 Å². The van der Waals surface area contributed by atoms with Crippen molar-refractivity contribution in [3.8, 4) is 0 Å². The van der Waals surface area contributed by atoms with Crippen LogP contribution in [-0.2, 0) is 11.3 Å². The molecule has 1 amide bonds. The summed E-state index contributed by atoms with van der Waals surface area (Å²) in [6.07, 6.45) is 3.00. The largest absolute Gasteiger partial charge is 0.366 e. The Labute approximate surface area is 136 Å². The Bertz CT molecular complexity index is 900. The number of thioether (sulfide) groups is 1. The number of imidazole rings is 1. The molecule has 0 aliphatic carbocycles. The van der Waals surface area contributed by atoms with Crippen molar-refractivity contribution in [3.63, 3.8) is 0 Å². The molecule has 3 rings (SSSR count). The molecule has 0 bridgehead atoms. The maximum absolute atomic E-state index is 12.0. The Hall–Kier alpha value is -2.54. The quantitative estimate of drug-likeness (QED) is 0.705. The lowest BCUT2D eigenvalue weighted by atomic mass is 10.3. The number of nitrogens with zero attached hydrogens (tertiary/aromatic N) is 2. The first-order valence-electron chi connectivity index (χ1n) is 7.24. The predicted molar refractivity (Wildman–Crippen MR) is 91.8 cm³/mol. The highest BCUT2D eigenvalue weighted by atomic mass is 32.2. The zero-order valence-electron chi connectivity index (χ0n) is 12.6. The SMILES string of the molecule is CCn1c(SCC(=O)Nc2c[nH]ccc2=O)nc2ccccc21. The first-order chi connectivity index (χ1) is 11.2. The van der Waals surface area contributed by atoms with Crippen molar-refractivity contribution in [1.29, 1.82) is 0 Å². The molecule has 0 unspecified atom stereocenters. The Morgan fingerprint density at radius 2 is 2.17 bits per heavy atom. The minimum absolute atomic E-state index is 0.192. The molecule has 0 radical (unpaired) electrons. The fourth-order valence-corrected chi connectivity index (χ4v) is 3.18. The first kappa shape index (κ1) is 15.4. The number of aromatic amines is 1. The first-order valence-corrected chi connectivity index (χ1v) is 8.22. The second kappa shape index (κ2) is 6.70. The van der Waals surface area contributed by atoms with Crippen molar-refractivity contribution in [2.45, 2.75) is 18.6 Å². The van der Waals surface area contributed by atoms with Gasteiger partial charge < -0.3 is 14.9 Å². The van der Waals surface area contributed by atoms with E-state index in [2.05, 4.69) is 19.9 Å². The van der Waals surface area contributed by atoms with Gasteiger partial charge in [0.1, 0.15) is 5.69 Å². The number of fused-ring (bicyclic) bond motifs is 1. The molecule has 2 aromatic heterocycles. The average molecular weight is 328 g/mol.